The third-order valence-electron chi connectivity index (χ3n) is 3.96. The van der Waals surface area contributed by atoms with E-state index in [4.69, 9.17) is 6.42 Å². The summed E-state index contributed by atoms with van der Waals surface area (Å²) in [5.74, 6) is 3.57. The number of likely N-dealkylation sites (tertiary alicyclic amines) is 1. The van der Waals surface area contributed by atoms with Crippen molar-refractivity contribution in [2.75, 3.05) is 26.7 Å². The fourth-order valence-electron chi connectivity index (χ4n) is 3.11. The monoisotopic (exact) mass is 219 g/mol. The van der Waals surface area contributed by atoms with Gasteiger partial charge in [-0.15, -0.1) is 6.42 Å². The van der Waals surface area contributed by atoms with E-state index in [0.717, 1.165) is 19.0 Å². The van der Waals surface area contributed by atoms with Gasteiger partial charge in [-0.3, -0.25) is 4.99 Å². The molecule has 1 aliphatic heterocycles. The van der Waals surface area contributed by atoms with Gasteiger partial charge in [0.1, 0.15) is 0 Å². The Kier molecular flexibility index (Phi) is 3.38. The SMILES string of the molecule is C#CCNC(=NC)N1CCC2(CCCC2)C1. The smallest absolute Gasteiger partial charge is 0.194 e. The molecule has 2 rings (SSSR count). The van der Waals surface area contributed by atoms with Crippen molar-refractivity contribution >= 4 is 5.96 Å². The molecule has 1 aliphatic carbocycles. The number of terminal acetylenes is 1. The minimum absolute atomic E-state index is 0.566. The zero-order chi connectivity index (χ0) is 11.4. The van der Waals surface area contributed by atoms with Crippen LogP contribution in [0.5, 0.6) is 0 Å². The summed E-state index contributed by atoms with van der Waals surface area (Å²) in [5, 5.41) is 3.21. The first kappa shape index (κ1) is 11.3. The largest absolute Gasteiger partial charge is 0.345 e. The third kappa shape index (κ3) is 2.16. The molecule has 2 aliphatic rings. The number of rotatable bonds is 1. The second-order valence-electron chi connectivity index (χ2n) is 4.98. The summed E-state index contributed by atoms with van der Waals surface area (Å²) in [6.45, 7) is 2.86. The van der Waals surface area contributed by atoms with Gasteiger partial charge in [-0.1, -0.05) is 18.8 Å². The number of nitrogens with zero attached hydrogens (tertiary/aromatic N) is 2. The van der Waals surface area contributed by atoms with E-state index in [2.05, 4.69) is 21.1 Å². The zero-order valence-electron chi connectivity index (χ0n) is 10.1. The fourth-order valence-corrected chi connectivity index (χ4v) is 3.11. The summed E-state index contributed by atoms with van der Waals surface area (Å²) in [7, 11) is 1.83. The molecule has 0 bridgehead atoms. The predicted molar refractivity (Wildman–Crippen MR) is 67.3 cm³/mol. The lowest BCUT2D eigenvalue weighted by Gasteiger charge is -2.25. The zero-order valence-corrected chi connectivity index (χ0v) is 10.1. The number of aliphatic imine (C=N–C) groups is 1. The number of hydrogen-bond acceptors (Lipinski definition) is 1. The van der Waals surface area contributed by atoms with Gasteiger partial charge >= 0.3 is 0 Å². The first-order chi connectivity index (χ1) is 7.79. The van der Waals surface area contributed by atoms with E-state index in [0.29, 0.717) is 12.0 Å². The molecule has 0 atom stereocenters. The van der Waals surface area contributed by atoms with E-state index < -0.39 is 0 Å². The maximum atomic E-state index is 5.26. The molecule has 3 heteroatoms. The minimum atomic E-state index is 0.566. The quantitative estimate of drug-likeness (QED) is 0.411. The Balaban J connectivity index is 1.94. The summed E-state index contributed by atoms with van der Waals surface area (Å²) < 4.78 is 0. The maximum absolute atomic E-state index is 5.26. The van der Waals surface area contributed by atoms with Gasteiger partial charge in [0.15, 0.2) is 5.96 Å². The summed E-state index contributed by atoms with van der Waals surface area (Å²) in [5.41, 5.74) is 0.591. The molecule has 1 N–H and O–H groups in total. The van der Waals surface area contributed by atoms with Crippen molar-refractivity contribution in [2.45, 2.75) is 32.1 Å². The van der Waals surface area contributed by atoms with Gasteiger partial charge in [0.2, 0.25) is 0 Å². The van der Waals surface area contributed by atoms with Gasteiger partial charge in [0, 0.05) is 20.1 Å². The van der Waals surface area contributed by atoms with Crippen molar-refractivity contribution < 1.29 is 0 Å². The summed E-state index contributed by atoms with van der Waals surface area (Å²) in [6, 6.07) is 0. The van der Waals surface area contributed by atoms with Crippen LogP contribution in [0.2, 0.25) is 0 Å². The molecule has 3 nitrogen and oxygen atoms in total. The Morgan fingerprint density at radius 2 is 2.19 bits per heavy atom. The Morgan fingerprint density at radius 1 is 1.44 bits per heavy atom. The van der Waals surface area contributed by atoms with Crippen molar-refractivity contribution in [3.8, 4) is 12.3 Å². The van der Waals surface area contributed by atoms with Gasteiger partial charge in [0.05, 0.1) is 6.54 Å². The molecule has 16 heavy (non-hydrogen) atoms. The lowest BCUT2D eigenvalue weighted by atomic mass is 9.86. The van der Waals surface area contributed by atoms with E-state index in [9.17, 15) is 0 Å². The van der Waals surface area contributed by atoms with Gasteiger partial charge in [-0.25, -0.2) is 0 Å². The highest BCUT2D eigenvalue weighted by atomic mass is 15.3. The molecule has 2 fully saturated rings. The Morgan fingerprint density at radius 3 is 2.81 bits per heavy atom. The van der Waals surface area contributed by atoms with Crippen molar-refractivity contribution in [1.82, 2.24) is 10.2 Å². The van der Waals surface area contributed by atoms with Crippen LogP contribution >= 0.6 is 0 Å². The van der Waals surface area contributed by atoms with Crippen LogP contribution in [0.4, 0.5) is 0 Å². The molecular formula is C13H21N3. The minimum Gasteiger partial charge on any atom is -0.345 e. The number of hydrogen-bond donors (Lipinski definition) is 1. The molecule has 1 saturated carbocycles. The van der Waals surface area contributed by atoms with E-state index in [-0.39, 0.29) is 0 Å². The molecule has 0 aromatic rings. The van der Waals surface area contributed by atoms with Gasteiger partial charge in [-0.2, -0.15) is 0 Å². The van der Waals surface area contributed by atoms with Crippen LogP contribution in [0.15, 0.2) is 4.99 Å². The highest BCUT2D eigenvalue weighted by Gasteiger charge is 2.40. The lowest BCUT2D eigenvalue weighted by Crippen LogP contribution is -2.41. The number of guanidine groups is 1. The molecule has 0 radical (unpaired) electrons. The average molecular weight is 219 g/mol. The van der Waals surface area contributed by atoms with Crippen LogP contribution in [-0.2, 0) is 0 Å². The van der Waals surface area contributed by atoms with Crippen LogP contribution in [0, 0.1) is 17.8 Å². The highest BCUT2D eigenvalue weighted by molar-refractivity contribution is 5.80. The Labute approximate surface area is 98.3 Å². The molecular weight excluding hydrogens is 198 g/mol. The standard InChI is InChI=1S/C13H21N3/c1-3-9-15-12(14-2)16-10-8-13(11-16)6-4-5-7-13/h1H,4-11H2,2H3,(H,14,15). The number of nitrogens with one attached hydrogen (secondary N) is 1. The van der Waals surface area contributed by atoms with Crippen LogP contribution in [0.1, 0.15) is 32.1 Å². The summed E-state index contributed by atoms with van der Waals surface area (Å²) >= 11 is 0. The topological polar surface area (TPSA) is 27.6 Å². The van der Waals surface area contributed by atoms with Crippen molar-refractivity contribution in [3.63, 3.8) is 0 Å². The van der Waals surface area contributed by atoms with Gasteiger partial charge < -0.3 is 10.2 Å². The molecule has 1 saturated heterocycles. The van der Waals surface area contributed by atoms with Crippen LogP contribution in [0.3, 0.4) is 0 Å². The van der Waals surface area contributed by atoms with Crippen molar-refractivity contribution in [3.05, 3.63) is 0 Å². The first-order valence-electron chi connectivity index (χ1n) is 6.19. The molecule has 0 amide bonds. The normalized spacial score (nSPS) is 23.8. The predicted octanol–water partition coefficient (Wildman–Crippen LogP) is 1.46. The molecule has 0 aromatic carbocycles. The van der Waals surface area contributed by atoms with E-state index in [1.807, 2.05) is 7.05 Å². The van der Waals surface area contributed by atoms with Gasteiger partial charge in [-0.05, 0) is 24.7 Å². The van der Waals surface area contributed by atoms with Gasteiger partial charge in [0.25, 0.3) is 0 Å². The second-order valence-corrected chi connectivity index (χ2v) is 4.98. The Hall–Kier alpha value is -1.17. The summed E-state index contributed by atoms with van der Waals surface area (Å²) in [6.07, 6.45) is 12.2. The average Bonchev–Trinajstić information content (AvgIpc) is 2.92. The van der Waals surface area contributed by atoms with Crippen LogP contribution < -0.4 is 5.32 Å². The molecule has 0 aromatic heterocycles. The van der Waals surface area contributed by atoms with E-state index >= 15 is 0 Å². The highest BCUT2D eigenvalue weighted by Crippen LogP contribution is 2.45. The first-order valence-corrected chi connectivity index (χ1v) is 6.19. The second kappa shape index (κ2) is 4.78. The van der Waals surface area contributed by atoms with E-state index in [1.54, 1.807) is 0 Å². The molecule has 0 unspecified atom stereocenters. The van der Waals surface area contributed by atoms with E-state index in [1.165, 1.54) is 32.1 Å². The molecule has 1 spiro atoms. The lowest BCUT2D eigenvalue weighted by molar-refractivity contribution is 0.309. The van der Waals surface area contributed by atoms with Crippen LogP contribution in [0.25, 0.3) is 0 Å². The maximum Gasteiger partial charge on any atom is 0.194 e. The Bertz CT molecular complexity index is 308. The molecule has 1 heterocycles. The van der Waals surface area contributed by atoms with Crippen LogP contribution in [-0.4, -0.2) is 37.5 Å². The molecule has 88 valence electrons. The van der Waals surface area contributed by atoms with Crippen molar-refractivity contribution in [1.29, 1.82) is 0 Å². The van der Waals surface area contributed by atoms with Crippen molar-refractivity contribution in [2.24, 2.45) is 10.4 Å². The fraction of sp³-hybridized carbons (Fsp3) is 0.769. The third-order valence-corrected chi connectivity index (χ3v) is 3.96. The summed E-state index contributed by atoms with van der Waals surface area (Å²) in [4.78, 5) is 6.66.